The maximum Gasteiger partial charge on any atom is 0.315 e. The van der Waals surface area contributed by atoms with Gasteiger partial charge in [-0.2, -0.15) is 0 Å². The van der Waals surface area contributed by atoms with Crippen LogP contribution in [-0.4, -0.2) is 46.0 Å². The van der Waals surface area contributed by atoms with Crippen LogP contribution in [0.4, 0.5) is 4.79 Å². The van der Waals surface area contributed by atoms with Crippen molar-refractivity contribution < 1.29 is 14.6 Å². The number of amides is 2. The van der Waals surface area contributed by atoms with Gasteiger partial charge in [-0.15, -0.1) is 0 Å². The molecule has 0 saturated carbocycles. The van der Waals surface area contributed by atoms with Crippen molar-refractivity contribution in [3.63, 3.8) is 0 Å². The van der Waals surface area contributed by atoms with E-state index in [0.29, 0.717) is 19.6 Å². The standard InChI is InChI=1S/C20H22N4O3/c25-19(22-12-20(26)9-10-27-13-20)21-11-15-5-7-16(8-6-15)24-14-23-17-3-1-2-4-18(17)24/h1-8,14,26H,9-13H2,(H2,21,22,25). The van der Waals surface area contributed by atoms with E-state index < -0.39 is 5.60 Å². The molecule has 0 bridgehead atoms. The third kappa shape index (κ3) is 3.94. The lowest BCUT2D eigenvalue weighted by Crippen LogP contribution is -2.46. The van der Waals surface area contributed by atoms with Crippen LogP contribution in [0, 0.1) is 0 Å². The molecule has 1 saturated heterocycles. The maximum absolute atomic E-state index is 11.9. The number of carbonyl (C=O) groups is 1. The molecule has 0 spiro atoms. The van der Waals surface area contributed by atoms with Gasteiger partial charge in [-0.25, -0.2) is 9.78 Å². The number of fused-ring (bicyclic) bond motifs is 1. The molecule has 2 amide bonds. The van der Waals surface area contributed by atoms with E-state index in [0.717, 1.165) is 22.3 Å². The second-order valence-corrected chi connectivity index (χ2v) is 6.83. The first kappa shape index (κ1) is 17.5. The van der Waals surface area contributed by atoms with Crippen molar-refractivity contribution in [3.05, 3.63) is 60.4 Å². The van der Waals surface area contributed by atoms with Crippen LogP contribution in [0.25, 0.3) is 16.7 Å². The first-order chi connectivity index (χ1) is 13.1. The number of aliphatic hydroxyl groups is 1. The molecule has 3 N–H and O–H groups in total. The molecule has 3 aromatic rings. The number of nitrogens with one attached hydrogen (secondary N) is 2. The Balaban J connectivity index is 1.33. The molecule has 140 valence electrons. The van der Waals surface area contributed by atoms with Gasteiger partial charge in [0, 0.05) is 25.3 Å². The Labute approximate surface area is 157 Å². The van der Waals surface area contributed by atoms with Crippen molar-refractivity contribution in [3.8, 4) is 5.69 Å². The molecule has 7 nitrogen and oxygen atoms in total. The van der Waals surface area contributed by atoms with Crippen LogP contribution in [0.2, 0.25) is 0 Å². The van der Waals surface area contributed by atoms with Gasteiger partial charge in [0.15, 0.2) is 0 Å². The maximum atomic E-state index is 11.9. The number of aromatic nitrogens is 2. The summed E-state index contributed by atoms with van der Waals surface area (Å²) in [5, 5.41) is 15.6. The molecular formula is C20H22N4O3. The molecule has 1 atom stereocenters. The summed E-state index contributed by atoms with van der Waals surface area (Å²) < 4.78 is 7.19. The number of rotatable bonds is 5. The summed E-state index contributed by atoms with van der Waals surface area (Å²) in [6, 6.07) is 15.6. The molecular weight excluding hydrogens is 344 g/mol. The number of hydrogen-bond acceptors (Lipinski definition) is 4. The van der Waals surface area contributed by atoms with E-state index in [9.17, 15) is 9.90 Å². The minimum Gasteiger partial charge on any atom is -0.386 e. The van der Waals surface area contributed by atoms with Crippen molar-refractivity contribution in [1.82, 2.24) is 20.2 Å². The van der Waals surface area contributed by atoms with Gasteiger partial charge in [0.25, 0.3) is 0 Å². The van der Waals surface area contributed by atoms with E-state index in [1.807, 2.05) is 59.4 Å². The largest absolute Gasteiger partial charge is 0.386 e. The van der Waals surface area contributed by atoms with Crippen molar-refractivity contribution in [2.24, 2.45) is 0 Å². The summed E-state index contributed by atoms with van der Waals surface area (Å²) in [6.07, 6.45) is 2.35. The number of ether oxygens (including phenoxy) is 1. The fraction of sp³-hybridized carbons (Fsp3) is 0.300. The minimum atomic E-state index is -0.952. The van der Waals surface area contributed by atoms with Crippen LogP contribution < -0.4 is 10.6 Å². The van der Waals surface area contributed by atoms with E-state index in [1.54, 1.807) is 0 Å². The molecule has 0 radical (unpaired) electrons. The smallest absolute Gasteiger partial charge is 0.315 e. The zero-order valence-electron chi connectivity index (χ0n) is 14.9. The zero-order chi connectivity index (χ0) is 18.7. The number of hydrogen-bond donors (Lipinski definition) is 3. The Morgan fingerprint density at radius 1 is 1.19 bits per heavy atom. The highest BCUT2D eigenvalue weighted by Gasteiger charge is 2.32. The third-order valence-electron chi connectivity index (χ3n) is 4.78. The fourth-order valence-corrected chi connectivity index (χ4v) is 3.16. The lowest BCUT2D eigenvalue weighted by molar-refractivity contribution is 0.0292. The molecule has 27 heavy (non-hydrogen) atoms. The quantitative estimate of drug-likeness (QED) is 0.644. The van der Waals surface area contributed by atoms with E-state index >= 15 is 0 Å². The van der Waals surface area contributed by atoms with Gasteiger partial charge in [0.05, 0.1) is 24.2 Å². The molecule has 7 heteroatoms. The Bertz CT molecular complexity index is 930. The Morgan fingerprint density at radius 3 is 2.78 bits per heavy atom. The lowest BCUT2D eigenvalue weighted by Gasteiger charge is -2.20. The van der Waals surface area contributed by atoms with Crippen LogP contribution in [0.1, 0.15) is 12.0 Å². The van der Waals surface area contributed by atoms with Crippen LogP contribution in [-0.2, 0) is 11.3 Å². The molecule has 4 rings (SSSR count). The summed E-state index contributed by atoms with van der Waals surface area (Å²) in [5.41, 5.74) is 3.06. The van der Waals surface area contributed by atoms with Crippen molar-refractivity contribution in [2.45, 2.75) is 18.6 Å². The van der Waals surface area contributed by atoms with Crippen molar-refractivity contribution >= 4 is 17.1 Å². The summed E-state index contributed by atoms with van der Waals surface area (Å²) in [6.45, 7) is 1.38. The highest BCUT2D eigenvalue weighted by molar-refractivity contribution is 5.77. The predicted molar refractivity (Wildman–Crippen MR) is 102 cm³/mol. The highest BCUT2D eigenvalue weighted by atomic mass is 16.5. The molecule has 1 aliphatic heterocycles. The number of benzene rings is 2. The molecule has 2 aromatic carbocycles. The second-order valence-electron chi connectivity index (χ2n) is 6.83. The monoisotopic (exact) mass is 366 g/mol. The summed E-state index contributed by atoms with van der Waals surface area (Å²) in [5.74, 6) is 0. The predicted octanol–water partition coefficient (Wildman–Crippen LogP) is 1.98. The van der Waals surface area contributed by atoms with Gasteiger partial charge in [0.1, 0.15) is 11.9 Å². The number of urea groups is 1. The topological polar surface area (TPSA) is 88.4 Å². The number of nitrogens with zero attached hydrogens (tertiary/aromatic N) is 2. The normalized spacial score (nSPS) is 19.3. The third-order valence-corrected chi connectivity index (χ3v) is 4.78. The first-order valence-corrected chi connectivity index (χ1v) is 8.96. The van der Waals surface area contributed by atoms with Crippen LogP contribution in [0.3, 0.4) is 0 Å². The molecule has 1 aliphatic rings. The van der Waals surface area contributed by atoms with E-state index in [-0.39, 0.29) is 19.2 Å². The zero-order valence-corrected chi connectivity index (χ0v) is 14.9. The Morgan fingerprint density at radius 2 is 2.00 bits per heavy atom. The van der Waals surface area contributed by atoms with E-state index in [4.69, 9.17) is 4.74 Å². The summed E-state index contributed by atoms with van der Waals surface area (Å²) >= 11 is 0. The number of carbonyl (C=O) groups excluding carboxylic acids is 1. The first-order valence-electron chi connectivity index (χ1n) is 8.96. The van der Waals surface area contributed by atoms with Gasteiger partial charge in [-0.1, -0.05) is 24.3 Å². The van der Waals surface area contributed by atoms with Gasteiger partial charge < -0.3 is 20.5 Å². The van der Waals surface area contributed by atoms with Crippen LogP contribution in [0.5, 0.6) is 0 Å². The summed E-state index contributed by atoms with van der Waals surface area (Å²) in [7, 11) is 0. The lowest BCUT2D eigenvalue weighted by atomic mass is 10.0. The van der Waals surface area contributed by atoms with Crippen molar-refractivity contribution in [2.75, 3.05) is 19.8 Å². The molecule has 1 aromatic heterocycles. The average Bonchev–Trinajstić information content (AvgIpc) is 3.32. The van der Waals surface area contributed by atoms with Gasteiger partial charge >= 0.3 is 6.03 Å². The summed E-state index contributed by atoms with van der Waals surface area (Å²) in [4.78, 5) is 16.3. The van der Waals surface area contributed by atoms with E-state index in [2.05, 4.69) is 15.6 Å². The van der Waals surface area contributed by atoms with Crippen molar-refractivity contribution in [1.29, 1.82) is 0 Å². The van der Waals surface area contributed by atoms with Gasteiger partial charge in [-0.3, -0.25) is 4.57 Å². The Hall–Kier alpha value is -2.90. The molecule has 0 aliphatic carbocycles. The number of para-hydroxylation sites is 2. The molecule has 2 heterocycles. The molecule has 1 fully saturated rings. The Kier molecular flexibility index (Phi) is 4.79. The highest BCUT2D eigenvalue weighted by Crippen LogP contribution is 2.18. The second kappa shape index (κ2) is 7.38. The fourth-order valence-electron chi connectivity index (χ4n) is 3.16. The van der Waals surface area contributed by atoms with Crippen LogP contribution >= 0.6 is 0 Å². The SMILES string of the molecule is O=C(NCc1ccc(-n2cnc3ccccc32)cc1)NCC1(O)CCOC1. The molecule has 1 unspecified atom stereocenters. The minimum absolute atomic E-state index is 0.186. The van der Waals surface area contributed by atoms with Crippen LogP contribution in [0.15, 0.2) is 54.9 Å². The van der Waals surface area contributed by atoms with E-state index in [1.165, 1.54) is 0 Å². The number of imidazole rings is 1. The van der Waals surface area contributed by atoms with Gasteiger partial charge in [0.2, 0.25) is 0 Å². The van der Waals surface area contributed by atoms with Gasteiger partial charge in [-0.05, 0) is 29.8 Å². The average molecular weight is 366 g/mol.